The van der Waals surface area contributed by atoms with Crippen molar-refractivity contribution in [1.82, 2.24) is 15.1 Å². The van der Waals surface area contributed by atoms with E-state index in [-0.39, 0.29) is 5.91 Å². The van der Waals surface area contributed by atoms with E-state index < -0.39 is 5.97 Å². The summed E-state index contributed by atoms with van der Waals surface area (Å²) in [5.74, 6) is 2.10. The van der Waals surface area contributed by atoms with Crippen molar-refractivity contribution in [3.05, 3.63) is 42.1 Å². The zero-order valence-corrected chi connectivity index (χ0v) is 24.2. The molecule has 0 saturated carbocycles. The van der Waals surface area contributed by atoms with Crippen LogP contribution in [0.15, 0.2) is 36.6 Å². The molecular formula is C31H43N3O6. The summed E-state index contributed by atoms with van der Waals surface area (Å²) in [5, 5.41) is 2.96. The highest BCUT2D eigenvalue weighted by atomic mass is 16.5. The summed E-state index contributed by atoms with van der Waals surface area (Å²) in [6.45, 7) is 7.15. The first kappa shape index (κ1) is 28.5. The molecule has 0 aromatic heterocycles. The molecule has 2 unspecified atom stereocenters. The summed E-state index contributed by atoms with van der Waals surface area (Å²) >= 11 is 0. The van der Waals surface area contributed by atoms with Gasteiger partial charge in [0.1, 0.15) is 0 Å². The van der Waals surface area contributed by atoms with Gasteiger partial charge in [0.15, 0.2) is 11.5 Å². The Labute approximate surface area is 237 Å². The number of ether oxygens (including phenoxy) is 4. The average Bonchev–Trinajstić information content (AvgIpc) is 2.96. The molecule has 1 aromatic carbocycles. The Bertz CT molecular complexity index is 1130. The molecule has 1 aromatic rings. The lowest BCUT2D eigenvalue weighted by Crippen LogP contribution is -2.79. The van der Waals surface area contributed by atoms with Crippen LogP contribution in [0.4, 0.5) is 0 Å². The van der Waals surface area contributed by atoms with Gasteiger partial charge in [-0.05, 0) is 74.5 Å². The monoisotopic (exact) mass is 553 g/mol. The van der Waals surface area contributed by atoms with Gasteiger partial charge in [0.2, 0.25) is 11.7 Å². The topological polar surface area (TPSA) is 89.6 Å². The number of nitrogens with zero attached hydrogens (tertiary/aromatic N) is 2. The third-order valence-electron chi connectivity index (χ3n) is 9.29. The maximum absolute atomic E-state index is 12.8. The van der Waals surface area contributed by atoms with Crippen LogP contribution < -0.4 is 19.5 Å². The normalized spacial score (nSPS) is 32.5. The molecule has 1 N–H and O–H groups in total. The zero-order chi connectivity index (χ0) is 28.4. The number of benzene rings is 1. The molecule has 218 valence electrons. The van der Waals surface area contributed by atoms with Gasteiger partial charge in [-0.2, -0.15) is 0 Å². The molecule has 5 saturated heterocycles. The minimum absolute atomic E-state index is 0.0162. The van der Waals surface area contributed by atoms with Crippen molar-refractivity contribution in [2.24, 2.45) is 11.8 Å². The summed E-state index contributed by atoms with van der Waals surface area (Å²) in [6.07, 6.45) is 11.8. The Morgan fingerprint density at radius 3 is 2.50 bits per heavy atom. The number of piperidine rings is 3. The number of esters is 1. The van der Waals surface area contributed by atoms with Gasteiger partial charge < -0.3 is 24.3 Å². The van der Waals surface area contributed by atoms with Crippen LogP contribution in [0.5, 0.6) is 17.2 Å². The summed E-state index contributed by atoms with van der Waals surface area (Å²) in [6, 6.07) is 4.66. The molecule has 0 spiro atoms. The van der Waals surface area contributed by atoms with Gasteiger partial charge in [-0.25, -0.2) is 4.79 Å². The van der Waals surface area contributed by atoms with Crippen molar-refractivity contribution in [3.63, 3.8) is 0 Å². The maximum atomic E-state index is 12.8. The molecule has 0 aliphatic carbocycles. The van der Waals surface area contributed by atoms with E-state index in [0.29, 0.717) is 65.5 Å². The Balaban J connectivity index is 1.21. The number of unbranched alkanes of at least 4 members (excludes halogenated alkanes) is 1. The number of hydrogen-bond acceptors (Lipinski definition) is 8. The van der Waals surface area contributed by atoms with Crippen molar-refractivity contribution in [1.29, 1.82) is 0 Å². The molecule has 8 atom stereocenters. The van der Waals surface area contributed by atoms with Crippen LogP contribution in [0.2, 0.25) is 0 Å². The van der Waals surface area contributed by atoms with Gasteiger partial charge in [-0.3, -0.25) is 14.6 Å². The smallest absolute Gasteiger partial charge is 0.338 e. The molecule has 6 rings (SSSR count). The van der Waals surface area contributed by atoms with E-state index in [0.717, 1.165) is 45.1 Å². The van der Waals surface area contributed by atoms with Crippen molar-refractivity contribution in [2.75, 3.05) is 34.5 Å². The van der Waals surface area contributed by atoms with Crippen molar-refractivity contribution in [2.45, 2.75) is 76.2 Å². The molecule has 6 bridgehead atoms. The van der Waals surface area contributed by atoms with Gasteiger partial charge in [0, 0.05) is 37.8 Å². The lowest BCUT2D eigenvalue weighted by Gasteiger charge is -2.70. The number of nitrogens with one attached hydrogen (secondary N) is 1. The van der Waals surface area contributed by atoms with Crippen LogP contribution in [0.1, 0.15) is 62.2 Å². The van der Waals surface area contributed by atoms with Crippen LogP contribution in [0, 0.1) is 11.8 Å². The van der Waals surface area contributed by atoms with Gasteiger partial charge in [-0.1, -0.05) is 6.08 Å². The van der Waals surface area contributed by atoms with Crippen LogP contribution in [0.3, 0.4) is 0 Å². The molecule has 5 aliphatic rings. The molecule has 9 nitrogen and oxygen atoms in total. The highest BCUT2D eigenvalue weighted by Crippen LogP contribution is 2.55. The first-order valence-corrected chi connectivity index (χ1v) is 14.5. The number of amides is 1. The molecule has 40 heavy (non-hydrogen) atoms. The highest BCUT2D eigenvalue weighted by Gasteiger charge is 2.61. The fraction of sp³-hybridized carbons (Fsp3) is 0.613. The van der Waals surface area contributed by atoms with E-state index >= 15 is 0 Å². The van der Waals surface area contributed by atoms with Gasteiger partial charge in [0.25, 0.3) is 0 Å². The third kappa shape index (κ3) is 5.21. The van der Waals surface area contributed by atoms with Crippen molar-refractivity contribution in [3.8, 4) is 17.2 Å². The predicted molar refractivity (Wildman–Crippen MR) is 151 cm³/mol. The van der Waals surface area contributed by atoms with E-state index in [9.17, 15) is 9.59 Å². The third-order valence-corrected chi connectivity index (χ3v) is 9.29. The lowest BCUT2D eigenvalue weighted by atomic mass is 9.62. The molecular weight excluding hydrogens is 510 g/mol. The summed E-state index contributed by atoms with van der Waals surface area (Å²) < 4.78 is 21.7. The Kier molecular flexibility index (Phi) is 8.71. The Morgan fingerprint density at radius 2 is 1.85 bits per heavy atom. The van der Waals surface area contributed by atoms with Gasteiger partial charge in [0.05, 0.1) is 39.7 Å². The van der Waals surface area contributed by atoms with Crippen molar-refractivity contribution < 1.29 is 28.5 Å². The fourth-order valence-electron chi connectivity index (χ4n) is 7.79. The quantitative estimate of drug-likeness (QED) is 0.235. The number of carbonyl (C=O) groups excluding carboxylic acids is 2. The number of hydrogen-bond donors (Lipinski definition) is 1. The molecule has 5 aliphatic heterocycles. The SMILES string of the molecule is C=CC[C@@H]1[C@@H]2C[C@@H]3CN1[C@@H]1CC/C(=C\NC(C)=O)[C@H]2N1[C@H]3CCCCOC(=O)c1cc(OC)c(OC)c(OC)c1. The minimum atomic E-state index is -0.402. The van der Waals surface area contributed by atoms with Crippen molar-refractivity contribution >= 4 is 11.9 Å². The highest BCUT2D eigenvalue weighted by molar-refractivity contribution is 5.91. The molecule has 5 fully saturated rings. The second-order valence-electron chi connectivity index (χ2n) is 11.4. The molecule has 1 amide bonds. The standard InChI is InChI=1S/C31H43N3O6/c1-6-9-25-23-14-22-18-33(25)28-12-11-20(17-32-19(2)35)29(23)34(28)24(22)10-7-8-13-40-31(36)21-15-26(37-3)30(39-5)27(16-21)38-4/h6,15-17,22-25,28-29H,1,7-14,18H2,2-5H3,(H,32,35)/b20-17+/t22-,23+,24+,25-,28+,29-/m1/s1. The van der Waals surface area contributed by atoms with Gasteiger partial charge >= 0.3 is 5.97 Å². The summed E-state index contributed by atoms with van der Waals surface area (Å²) in [7, 11) is 4.58. The lowest BCUT2D eigenvalue weighted by molar-refractivity contribution is -0.220. The van der Waals surface area contributed by atoms with Crippen LogP contribution in [-0.2, 0) is 9.53 Å². The molecule has 5 heterocycles. The first-order valence-electron chi connectivity index (χ1n) is 14.5. The second kappa shape index (κ2) is 12.2. The van der Waals surface area contributed by atoms with E-state index in [1.54, 1.807) is 19.1 Å². The Hall–Kier alpha value is -3.04. The van der Waals surface area contributed by atoms with E-state index in [1.165, 1.54) is 33.3 Å². The van der Waals surface area contributed by atoms with E-state index in [4.69, 9.17) is 18.9 Å². The predicted octanol–water partition coefficient (Wildman–Crippen LogP) is 4.13. The van der Waals surface area contributed by atoms with Gasteiger partial charge in [-0.15, -0.1) is 6.58 Å². The largest absolute Gasteiger partial charge is 0.493 e. The minimum Gasteiger partial charge on any atom is -0.493 e. The maximum Gasteiger partial charge on any atom is 0.338 e. The second-order valence-corrected chi connectivity index (χ2v) is 11.4. The first-order chi connectivity index (χ1) is 19.4. The van der Waals surface area contributed by atoms with E-state index in [2.05, 4.69) is 27.8 Å². The number of carbonyl (C=O) groups is 2. The van der Waals surface area contributed by atoms with Crippen LogP contribution in [0.25, 0.3) is 0 Å². The van der Waals surface area contributed by atoms with Crippen LogP contribution in [-0.4, -0.2) is 80.4 Å². The summed E-state index contributed by atoms with van der Waals surface area (Å²) in [4.78, 5) is 30.0. The Morgan fingerprint density at radius 1 is 1.10 bits per heavy atom. The zero-order valence-electron chi connectivity index (χ0n) is 24.2. The molecule has 0 radical (unpaired) electrons. The number of methoxy groups -OCH3 is 3. The summed E-state index contributed by atoms with van der Waals surface area (Å²) in [5.41, 5.74) is 1.74. The number of rotatable bonds is 12. The fourth-order valence-corrected chi connectivity index (χ4v) is 7.79. The van der Waals surface area contributed by atoms with Crippen LogP contribution >= 0.6 is 0 Å². The average molecular weight is 554 g/mol. The van der Waals surface area contributed by atoms with E-state index in [1.807, 2.05) is 6.20 Å². The molecule has 9 heteroatoms.